The second kappa shape index (κ2) is 10.1. The fourth-order valence-electron chi connectivity index (χ4n) is 2.70. The van der Waals surface area contributed by atoms with E-state index in [0.29, 0.717) is 11.1 Å². The molecule has 0 unspecified atom stereocenters. The number of anilines is 1. The largest absolute Gasteiger partial charge is 0.493 e. The van der Waals surface area contributed by atoms with Crippen LogP contribution < -0.4 is 26.2 Å². The molecule has 0 aliphatic heterocycles. The number of ether oxygens (including phenoxy) is 2. The van der Waals surface area contributed by atoms with Gasteiger partial charge < -0.3 is 15.2 Å². The zero-order chi connectivity index (χ0) is 23.1. The zero-order valence-electron chi connectivity index (χ0n) is 16.8. The number of hydrogen-bond acceptors (Lipinski definition) is 8. The summed E-state index contributed by atoms with van der Waals surface area (Å²) in [6, 6.07) is 13.8. The lowest BCUT2D eigenvalue weighted by Gasteiger charge is -2.12. The Bertz CT molecular complexity index is 1270. The van der Waals surface area contributed by atoms with Gasteiger partial charge in [0.15, 0.2) is 18.1 Å². The summed E-state index contributed by atoms with van der Waals surface area (Å²) in [7, 11) is 1.42. The molecule has 0 aliphatic carbocycles. The number of carbonyl (C=O) groups excluding carboxylic acids is 1. The summed E-state index contributed by atoms with van der Waals surface area (Å²) < 4.78 is 10.5. The van der Waals surface area contributed by atoms with Crippen molar-refractivity contribution in [2.45, 2.75) is 0 Å². The Balaban J connectivity index is 1.85. The summed E-state index contributed by atoms with van der Waals surface area (Å²) in [6.45, 7) is -0.355. The van der Waals surface area contributed by atoms with Crippen LogP contribution in [0.4, 0.5) is 5.95 Å². The minimum atomic E-state index is -0.656. The smallest absolute Gasteiger partial charge is 0.270 e. The highest BCUT2D eigenvalue weighted by Crippen LogP contribution is 2.36. The molecule has 3 rings (SSSR count). The monoisotopic (exact) mass is 452 g/mol. The van der Waals surface area contributed by atoms with E-state index in [1.165, 1.54) is 19.4 Å². The average Bonchev–Trinajstić information content (AvgIpc) is 2.78. The Morgan fingerprint density at radius 1 is 1.38 bits per heavy atom. The van der Waals surface area contributed by atoms with Crippen molar-refractivity contribution in [3.63, 3.8) is 0 Å². The van der Waals surface area contributed by atoms with E-state index in [0.717, 1.165) is 0 Å². The van der Waals surface area contributed by atoms with Gasteiger partial charge in [0.2, 0.25) is 5.95 Å². The molecular weight excluding hydrogens is 436 g/mol. The molecule has 2 aromatic carbocycles. The van der Waals surface area contributed by atoms with Gasteiger partial charge in [0.1, 0.15) is 11.6 Å². The first-order valence-corrected chi connectivity index (χ1v) is 9.48. The Labute approximate surface area is 187 Å². The van der Waals surface area contributed by atoms with E-state index >= 15 is 0 Å². The van der Waals surface area contributed by atoms with Crippen molar-refractivity contribution in [3.05, 3.63) is 69.0 Å². The first kappa shape index (κ1) is 22.3. The van der Waals surface area contributed by atoms with E-state index in [2.05, 4.69) is 20.5 Å². The molecule has 1 aromatic heterocycles. The highest BCUT2D eigenvalue weighted by atomic mass is 35.5. The van der Waals surface area contributed by atoms with Crippen molar-refractivity contribution in [3.8, 4) is 28.8 Å². The fourth-order valence-corrected chi connectivity index (χ4v) is 2.97. The van der Waals surface area contributed by atoms with Crippen LogP contribution in [0.1, 0.15) is 11.1 Å². The standard InChI is InChI=1S/C21H17ClN6O4/c1-31-16-8-12(7-15(22)19(16)32-11-17(24)29)10-25-28-21-26-18(13-5-3-2-4-6-13)14(9-23)20(30)27-21/h2-8,10H,11H2,1H3,(H2,24,29)(H2,26,27,28,30). The van der Waals surface area contributed by atoms with E-state index in [-0.39, 0.29) is 40.3 Å². The molecule has 162 valence electrons. The lowest BCUT2D eigenvalue weighted by Crippen LogP contribution is -2.20. The van der Waals surface area contributed by atoms with E-state index < -0.39 is 11.5 Å². The molecule has 0 saturated heterocycles. The summed E-state index contributed by atoms with van der Waals surface area (Å²) in [5.41, 5.74) is 8.39. The van der Waals surface area contributed by atoms with Crippen LogP contribution in [0.2, 0.25) is 5.02 Å². The number of carbonyl (C=O) groups is 1. The number of hydrazone groups is 1. The van der Waals surface area contributed by atoms with Gasteiger partial charge in [-0.15, -0.1) is 0 Å². The molecule has 1 amide bonds. The van der Waals surface area contributed by atoms with Gasteiger partial charge in [-0.3, -0.25) is 14.6 Å². The molecule has 0 saturated carbocycles. The van der Waals surface area contributed by atoms with Crippen molar-refractivity contribution in [1.29, 1.82) is 5.26 Å². The molecule has 0 atom stereocenters. The van der Waals surface area contributed by atoms with Gasteiger partial charge in [-0.1, -0.05) is 41.9 Å². The Morgan fingerprint density at radius 3 is 2.78 bits per heavy atom. The van der Waals surface area contributed by atoms with Crippen LogP contribution in [0.5, 0.6) is 11.5 Å². The maximum atomic E-state index is 12.3. The predicted molar refractivity (Wildman–Crippen MR) is 119 cm³/mol. The number of methoxy groups -OCH3 is 1. The van der Waals surface area contributed by atoms with Crippen molar-refractivity contribution in [2.24, 2.45) is 10.8 Å². The highest BCUT2D eigenvalue weighted by molar-refractivity contribution is 6.32. The molecular formula is C21H17ClN6O4. The normalized spacial score (nSPS) is 10.5. The van der Waals surface area contributed by atoms with E-state index in [1.807, 2.05) is 12.1 Å². The summed E-state index contributed by atoms with van der Waals surface area (Å²) in [5, 5.41) is 13.5. The van der Waals surface area contributed by atoms with Crippen LogP contribution >= 0.6 is 11.6 Å². The Hall–Kier alpha value is -4.36. The number of halogens is 1. The number of nitrogens with two attached hydrogens (primary N) is 1. The number of benzene rings is 2. The van der Waals surface area contributed by atoms with E-state index in [1.54, 1.807) is 30.3 Å². The number of amides is 1. The zero-order valence-corrected chi connectivity index (χ0v) is 17.5. The van der Waals surface area contributed by atoms with Gasteiger partial charge in [0, 0.05) is 5.56 Å². The Kier molecular flexibility index (Phi) is 7.05. The molecule has 11 heteroatoms. The molecule has 3 aromatic rings. The van der Waals surface area contributed by atoms with Gasteiger partial charge in [0.25, 0.3) is 11.5 Å². The van der Waals surface area contributed by atoms with Crippen LogP contribution in [-0.4, -0.2) is 35.8 Å². The number of nitrogens with zero attached hydrogens (tertiary/aromatic N) is 3. The second-order valence-corrected chi connectivity index (χ2v) is 6.68. The topological polar surface area (TPSA) is 155 Å². The number of hydrogen-bond donors (Lipinski definition) is 3. The number of aromatic amines is 1. The number of aromatic nitrogens is 2. The number of nitriles is 1. The summed E-state index contributed by atoms with van der Waals surface area (Å²) >= 11 is 6.21. The molecule has 0 bridgehead atoms. The maximum absolute atomic E-state index is 12.3. The molecule has 0 spiro atoms. The van der Waals surface area contributed by atoms with Crippen molar-refractivity contribution in [1.82, 2.24) is 9.97 Å². The number of H-pyrrole nitrogens is 1. The maximum Gasteiger partial charge on any atom is 0.270 e. The average molecular weight is 453 g/mol. The summed E-state index contributed by atoms with van der Waals surface area (Å²) in [5.74, 6) is -0.166. The van der Waals surface area contributed by atoms with Crippen LogP contribution in [0.3, 0.4) is 0 Å². The lowest BCUT2D eigenvalue weighted by molar-refractivity contribution is -0.119. The molecule has 10 nitrogen and oxygen atoms in total. The number of nitrogens with one attached hydrogen (secondary N) is 2. The fraction of sp³-hybridized carbons (Fsp3) is 0.0952. The predicted octanol–water partition coefficient (Wildman–Crippen LogP) is 2.28. The van der Waals surface area contributed by atoms with Crippen molar-refractivity contribution in [2.75, 3.05) is 19.1 Å². The molecule has 0 fully saturated rings. The van der Waals surface area contributed by atoms with E-state index in [9.17, 15) is 14.9 Å². The molecule has 0 aliphatic rings. The molecule has 0 radical (unpaired) electrons. The molecule has 1 heterocycles. The highest BCUT2D eigenvalue weighted by Gasteiger charge is 2.14. The van der Waals surface area contributed by atoms with E-state index in [4.69, 9.17) is 26.8 Å². The summed E-state index contributed by atoms with van der Waals surface area (Å²) in [6.07, 6.45) is 1.41. The Morgan fingerprint density at radius 2 is 2.12 bits per heavy atom. The molecule has 4 N–H and O–H groups in total. The van der Waals surface area contributed by atoms with Gasteiger partial charge >= 0.3 is 0 Å². The van der Waals surface area contributed by atoms with Crippen molar-refractivity contribution < 1.29 is 14.3 Å². The van der Waals surface area contributed by atoms with Crippen LogP contribution in [-0.2, 0) is 4.79 Å². The third kappa shape index (κ3) is 5.21. The van der Waals surface area contributed by atoms with Crippen molar-refractivity contribution >= 4 is 29.7 Å². The number of rotatable bonds is 8. The quantitative estimate of drug-likeness (QED) is 0.349. The first-order chi connectivity index (χ1) is 15.4. The SMILES string of the molecule is COc1cc(C=NNc2nc(-c3ccccc3)c(C#N)c(=O)[nH]2)cc(Cl)c1OCC(N)=O. The lowest BCUT2D eigenvalue weighted by atomic mass is 10.1. The van der Waals surface area contributed by atoms with Crippen LogP contribution in [0, 0.1) is 11.3 Å². The first-order valence-electron chi connectivity index (χ1n) is 9.10. The number of primary amides is 1. The second-order valence-electron chi connectivity index (χ2n) is 6.28. The third-order valence-electron chi connectivity index (χ3n) is 4.07. The van der Waals surface area contributed by atoms with Crippen LogP contribution in [0.15, 0.2) is 52.4 Å². The van der Waals surface area contributed by atoms with Gasteiger partial charge in [-0.25, -0.2) is 10.4 Å². The minimum absolute atomic E-state index is 0.0450. The van der Waals surface area contributed by atoms with Crippen LogP contribution in [0.25, 0.3) is 11.3 Å². The summed E-state index contributed by atoms with van der Waals surface area (Å²) in [4.78, 5) is 30.0. The minimum Gasteiger partial charge on any atom is -0.493 e. The van der Waals surface area contributed by atoms with Gasteiger partial charge in [-0.2, -0.15) is 10.4 Å². The molecule has 32 heavy (non-hydrogen) atoms. The van der Waals surface area contributed by atoms with Gasteiger partial charge in [-0.05, 0) is 17.7 Å². The third-order valence-corrected chi connectivity index (χ3v) is 4.35. The van der Waals surface area contributed by atoms with Gasteiger partial charge in [0.05, 0.1) is 24.0 Å².